The summed E-state index contributed by atoms with van der Waals surface area (Å²) in [4.78, 5) is 25.8. The average molecular weight is 342 g/mol. The second-order valence-electron chi connectivity index (χ2n) is 5.94. The minimum atomic E-state index is -4.47. The number of rotatable bonds is 4. The lowest BCUT2D eigenvalue weighted by Gasteiger charge is -2.31. The summed E-state index contributed by atoms with van der Waals surface area (Å²) in [6.07, 6.45) is -2.56. The third kappa shape index (κ3) is 4.49. The van der Waals surface area contributed by atoms with Gasteiger partial charge in [-0.3, -0.25) is 9.59 Å². The van der Waals surface area contributed by atoms with Gasteiger partial charge in [0.25, 0.3) is 5.91 Å². The monoisotopic (exact) mass is 342 g/mol. The van der Waals surface area contributed by atoms with Gasteiger partial charge in [-0.05, 0) is 37.5 Å². The number of carbonyl (C=O) groups is 2. The zero-order valence-corrected chi connectivity index (χ0v) is 13.5. The summed E-state index contributed by atoms with van der Waals surface area (Å²) in [5, 5.41) is 2.83. The summed E-state index contributed by atoms with van der Waals surface area (Å²) >= 11 is 0. The average Bonchev–Trinajstić information content (AvgIpc) is 2.58. The molecule has 1 N–H and O–H groups in total. The first kappa shape index (κ1) is 18.3. The van der Waals surface area contributed by atoms with E-state index in [-0.39, 0.29) is 17.4 Å². The van der Waals surface area contributed by atoms with Gasteiger partial charge in [0.2, 0.25) is 5.91 Å². The zero-order chi connectivity index (χ0) is 17.7. The molecule has 24 heavy (non-hydrogen) atoms. The maximum atomic E-state index is 12.7. The molecular weight excluding hydrogens is 321 g/mol. The van der Waals surface area contributed by atoms with Gasteiger partial charge in [0.1, 0.15) is 0 Å². The predicted octanol–water partition coefficient (Wildman–Crippen LogP) is 3.08. The number of likely N-dealkylation sites (tertiary alicyclic amines) is 1. The molecule has 0 radical (unpaired) electrons. The standard InChI is InChI=1S/C17H21F3N2O2/c1-2-8-21-15(23)12-6-9-22(10-7-12)16(24)13-4-3-5-14(11-13)17(18,19)20/h3-5,11-12H,2,6-10H2,1H3,(H,21,23). The summed E-state index contributed by atoms with van der Waals surface area (Å²) < 4.78 is 38.2. The summed E-state index contributed by atoms with van der Waals surface area (Å²) in [5.41, 5.74) is -0.805. The van der Waals surface area contributed by atoms with Crippen molar-refractivity contribution in [2.24, 2.45) is 5.92 Å². The summed E-state index contributed by atoms with van der Waals surface area (Å²) in [6.45, 7) is 3.34. The van der Waals surface area contributed by atoms with Crippen molar-refractivity contribution in [2.45, 2.75) is 32.4 Å². The highest BCUT2D eigenvalue weighted by atomic mass is 19.4. The molecule has 4 nitrogen and oxygen atoms in total. The number of nitrogens with one attached hydrogen (secondary N) is 1. The van der Waals surface area contributed by atoms with Crippen molar-refractivity contribution in [1.82, 2.24) is 10.2 Å². The van der Waals surface area contributed by atoms with Gasteiger partial charge >= 0.3 is 6.18 Å². The Balaban J connectivity index is 1.97. The Bertz CT molecular complexity index is 594. The molecular formula is C17H21F3N2O2. The van der Waals surface area contributed by atoms with Crippen LogP contribution in [0.2, 0.25) is 0 Å². The molecule has 7 heteroatoms. The van der Waals surface area contributed by atoms with Gasteiger partial charge in [0, 0.05) is 31.1 Å². The van der Waals surface area contributed by atoms with Gasteiger partial charge in [-0.1, -0.05) is 13.0 Å². The van der Waals surface area contributed by atoms with Crippen molar-refractivity contribution >= 4 is 11.8 Å². The van der Waals surface area contributed by atoms with Crippen molar-refractivity contribution in [2.75, 3.05) is 19.6 Å². The van der Waals surface area contributed by atoms with E-state index in [0.29, 0.717) is 32.5 Å². The quantitative estimate of drug-likeness (QED) is 0.914. The van der Waals surface area contributed by atoms with Crippen LogP contribution in [0, 0.1) is 5.92 Å². The Labute approximate surface area is 139 Å². The fourth-order valence-electron chi connectivity index (χ4n) is 2.75. The highest BCUT2D eigenvalue weighted by Gasteiger charge is 2.32. The lowest BCUT2D eigenvalue weighted by Crippen LogP contribution is -2.43. The summed E-state index contributed by atoms with van der Waals surface area (Å²) in [5.74, 6) is -0.571. The summed E-state index contributed by atoms with van der Waals surface area (Å²) in [6, 6.07) is 4.45. The second kappa shape index (κ2) is 7.68. The van der Waals surface area contributed by atoms with Crippen LogP contribution < -0.4 is 5.32 Å². The molecule has 1 aliphatic rings. The second-order valence-corrected chi connectivity index (χ2v) is 5.94. The van der Waals surface area contributed by atoms with Gasteiger partial charge in [0.05, 0.1) is 5.56 Å². The topological polar surface area (TPSA) is 49.4 Å². The number of alkyl halides is 3. The van der Waals surface area contributed by atoms with E-state index in [0.717, 1.165) is 18.6 Å². The van der Waals surface area contributed by atoms with E-state index < -0.39 is 17.6 Å². The van der Waals surface area contributed by atoms with Crippen LogP contribution >= 0.6 is 0 Å². The minimum absolute atomic E-state index is 0.0111. The summed E-state index contributed by atoms with van der Waals surface area (Å²) in [7, 11) is 0. The number of benzene rings is 1. The lowest BCUT2D eigenvalue weighted by atomic mass is 9.95. The molecule has 132 valence electrons. The van der Waals surface area contributed by atoms with Crippen LogP contribution in [0.25, 0.3) is 0 Å². The number of hydrogen-bond donors (Lipinski definition) is 1. The number of amides is 2. The van der Waals surface area contributed by atoms with E-state index in [2.05, 4.69) is 5.32 Å². The Morgan fingerprint density at radius 1 is 1.25 bits per heavy atom. The molecule has 0 aliphatic carbocycles. The van der Waals surface area contributed by atoms with E-state index in [4.69, 9.17) is 0 Å². The molecule has 1 aromatic rings. The van der Waals surface area contributed by atoms with Crippen molar-refractivity contribution in [1.29, 1.82) is 0 Å². The Morgan fingerprint density at radius 2 is 1.92 bits per heavy atom. The van der Waals surface area contributed by atoms with E-state index in [1.165, 1.54) is 17.0 Å². The number of hydrogen-bond acceptors (Lipinski definition) is 2. The third-order valence-electron chi connectivity index (χ3n) is 4.14. The van der Waals surface area contributed by atoms with E-state index >= 15 is 0 Å². The van der Waals surface area contributed by atoms with Gasteiger partial charge in [0.15, 0.2) is 0 Å². The normalized spacial score (nSPS) is 16.1. The highest BCUT2D eigenvalue weighted by molar-refractivity contribution is 5.94. The Hall–Kier alpha value is -2.05. The number of piperidine rings is 1. The first-order chi connectivity index (χ1) is 11.3. The fourth-order valence-corrected chi connectivity index (χ4v) is 2.75. The van der Waals surface area contributed by atoms with Crippen LogP contribution in [0.1, 0.15) is 42.1 Å². The zero-order valence-electron chi connectivity index (χ0n) is 13.5. The van der Waals surface area contributed by atoms with Gasteiger partial charge in [-0.2, -0.15) is 13.2 Å². The first-order valence-electron chi connectivity index (χ1n) is 8.07. The number of nitrogens with zero attached hydrogens (tertiary/aromatic N) is 1. The molecule has 0 atom stereocenters. The van der Waals surface area contributed by atoms with E-state index in [9.17, 15) is 22.8 Å². The van der Waals surface area contributed by atoms with Gasteiger partial charge in [-0.15, -0.1) is 0 Å². The van der Waals surface area contributed by atoms with Crippen molar-refractivity contribution < 1.29 is 22.8 Å². The van der Waals surface area contributed by atoms with Crippen LogP contribution in [-0.4, -0.2) is 36.3 Å². The van der Waals surface area contributed by atoms with E-state index in [1.807, 2.05) is 6.92 Å². The van der Waals surface area contributed by atoms with Crippen LogP contribution in [0.4, 0.5) is 13.2 Å². The number of carbonyl (C=O) groups excluding carboxylic acids is 2. The van der Waals surface area contributed by atoms with Crippen molar-refractivity contribution in [3.63, 3.8) is 0 Å². The molecule has 2 rings (SSSR count). The van der Waals surface area contributed by atoms with Crippen molar-refractivity contribution in [3.05, 3.63) is 35.4 Å². The molecule has 1 saturated heterocycles. The SMILES string of the molecule is CCCNC(=O)C1CCN(C(=O)c2cccc(C(F)(F)F)c2)CC1. The maximum absolute atomic E-state index is 12.7. The molecule has 1 fully saturated rings. The molecule has 0 spiro atoms. The third-order valence-corrected chi connectivity index (χ3v) is 4.14. The first-order valence-corrected chi connectivity index (χ1v) is 8.07. The molecule has 1 aliphatic heterocycles. The van der Waals surface area contributed by atoms with Crippen LogP contribution in [0.5, 0.6) is 0 Å². The molecule has 2 amide bonds. The lowest BCUT2D eigenvalue weighted by molar-refractivity contribution is -0.137. The van der Waals surface area contributed by atoms with Gasteiger partial charge in [-0.25, -0.2) is 0 Å². The van der Waals surface area contributed by atoms with Crippen molar-refractivity contribution in [3.8, 4) is 0 Å². The molecule has 1 aromatic carbocycles. The van der Waals surface area contributed by atoms with Crippen LogP contribution in [0.15, 0.2) is 24.3 Å². The largest absolute Gasteiger partial charge is 0.416 e. The predicted molar refractivity (Wildman–Crippen MR) is 83.4 cm³/mol. The van der Waals surface area contributed by atoms with Gasteiger partial charge < -0.3 is 10.2 Å². The molecule has 0 aromatic heterocycles. The van der Waals surface area contributed by atoms with Crippen LogP contribution in [0.3, 0.4) is 0 Å². The highest BCUT2D eigenvalue weighted by Crippen LogP contribution is 2.30. The molecule has 1 heterocycles. The maximum Gasteiger partial charge on any atom is 0.416 e. The van der Waals surface area contributed by atoms with Crippen LogP contribution in [-0.2, 0) is 11.0 Å². The smallest absolute Gasteiger partial charge is 0.356 e. The van der Waals surface area contributed by atoms with E-state index in [1.54, 1.807) is 0 Å². The molecule has 0 unspecified atom stereocenters. The number of halogens is 3. The minimum Gasteiger partial charge on any atom is -0.356 e. The molecule has 0 saturated carbocycles. The Morgan fingerprint density at radius 3 is 2.50 bits per heavy atom. The fraction of sp³-hybridized carbons (Fsp3) is 0.529. The molecule has 0 bridgehead atoms. The Kier molecular flexibility index (Phi) is 5.85.